The highest BCUT2D eigenvalue weighted by Crippen LogP contribution is 2.35. The molecular formula is C14H21FNOP. The molecule has 1 aromatic rings. The first-order chi connectivity index (χ1) is 8.47. The van der Waals surface area contributed by atoms with Gasteiger partial charge in [-0.2, -0.15) is 0 Å². The number of piperidine rings is 1. The summed E-state index contributed by atoms with van der Waals surface area (Å²) in [6, 6.07) is 5.09. The van der Waals surface area contributed by atoms with Crippen molar-refractivity contribution in [3.63, 3.8) is 0 Å². The van der Waals surface area contributed by atoms with Gasteiger partial charge in [-0.3, -0.25) is 0 Å². The van der Waals surface area contributed by atoms with Crippen LogP contribution in [-0.2, 0) is 11.0 Å². The number of rotatable bonds is 3. The van der Waals surface area contributed by atoms with Gasteiger partial charge in [-0.1, -0.05) is 12.1 Å². The van der Waals surface area contributed by atoms with Crippen molar-refractivity contribution in [2.75, 3.05) is 26.4 Å². The van der Waals surface area contributed by atoms with Crippen molar-refractivity contribution in [3.05, 3.63) is 29.6 Å². The molecule has 0 spiro atoms. The zero-order valence-electron chi connectivity index (χ0n) is 11.1. The van der Waals surface area contributed by atoms with E-state index in [4.69, 9.17) is 0 Å². The summed E-state index contributed by atoms with van der Waals surface area (Å²) >= 11 is 0. The molecule has 1 N–H and O–H groups in total. The summed E-state index contributed by atoms with van der Waals surface area (Å²) in [6.07, 6.45) is 3.02. The van der Waals surface area contributed by atoms with Crippen LogP contribution in [0, 0.1) is 11.7 Å². The van der Waals surface area contributed by atoms with Crippen LogP contribution in [0.15, 0.2) is 18.2 Å². The number of halogens is 1. The van der Waals surface area contributed by atoms with Gasteiger partial charge in [-0.25, -0.2) is 4.39 Å². The smallest absolute Gasteiger partial charge is 0.127 e. The van der Waals surface area contributed by atoms with Crippen molar-refractivity contribution in [1.82, 2.24) is 5.32 Å². The second-order valence-electron chi connectivity index (χ2n) is 5.52. The molecule has 0 unspecified atom stereocenters. The lowest BCUT2D eigenvalue weighted by Crippen LogP contribution is -2.28. The highest BCUT2D eigenvalue weighted by atomic mass is 31.2. The first kappa shape index (κ1) is 13.8. The van der Waals surface area contributed by atoms with Crippen molar-refractivity contribution in [1.29, 1.82) is 0 Å². The SMILES string of the molecule is CP(C)(=O)c1ccc(CC2CCNCC2)c(F)c1. The van der Waals surface area contributed by atoms with Crippen molar-refractivity contribution in [2.45, 2.75) is 19.3 Å². The third-order valence-electron chi connectivity index (χ3n) is 3.63. The van der Waals surface area contributed by atoms with Crippen LogP contribution in [0.3, 0.4) is 0 Å². The summed E-state index contributed by atoms with van der Waals surface area (Å²) in [6.45, 7) is 5.41. The van der Waals surface area contributed by atoms with Crippen LogP contribution in [0.4, 0.5) is 4.39 Å². The normalized spacial score (nSPS) is 17.9. The fourth-order valence-electron chi connectivity index (χ4n) is 2.43. The van der Waals surface area contributed by atoms with Crippen molar-refractivity contribution >= 4 is 12.4 Å². The molecule has 0 atom stereocenters. The first-order valence-corrected chi connectivity index (χ1v) is 9.11. The second kappa shape index (κ2) is 5.54. The van der Waals surface area contributed by atoms with Gasteiger partial charge in [0.25, 0.3) is 0 Å². The van der Waals surface area contributed by atoms with Crippen LogP contribution in [0.25, 0.3) is 0 Å². The molecule has 1 fully saturated rings. The van der Waals surface area contributed by atoms with Gasteiger partial charge >= 0.3 is 0 Å². The topological polar surface area (TPSA) is 29.1 Å². The van der Waals surface area contributed by atoms with E-state index in [1.807, 2.05) is 12.1 Å². The molecule has 18 heavy (non-hydrogen) atoms. The Morgan fingerprint density at radius 2 is 2.00 bits per heavy atom. The van der Waals surface area contributed by atoms with E-state index in [1.54, 1.807) is 13.3 Å². The second-order valence-corrected chi connectivity index (χ2v) is 8.74. The van der Waals surface area contributed by atoms with Crippen LogP contribution in [0.2, 0.25) is 0 Å². The van der Waals surface area contributed by atoms with E-state index >= 15 is 0 Å². The van der Waals surface area contributed by atoms with E-state index in [0.717, 1.165) is 37.9 Å². The molecule has 0 aromatic heterocycles. The molecule has 1 aromatic carbocycles. The predicted molar refractivity (Wildman–Crippen MR) is 74.8 cm³/mol. The van der Waals surface area contributed by atoms with Gasteiger partial charge < -0.3 is 9.88 Å². The molecule has 1 aliphatic heterocycles. The van der Waals surface area contributed by atoms with E-state index < -0.39 is 7.14 Å². The van der Waals surface area contributed by atoms with Crippen LogP contribution in [-0.4, -0.2) is 26.4 Å². The number of nitrogens with one attached hydrogen (secondary N) is 1. The molecule has 0 amide bonds. The molecule has 1 saturated heterocycles. The molecule has 0 saturated carbocycles. The summed E-state index contributed by atoms with van der Waals surface area (Å²) in [5.74, 6) is 0.372. The Kier molecular flexibility index (Phi) is 4.24. The molecule has 4 heteroatoms. The first-order valence-electron chi connectivity index (χ1n) is 6.51. The largest absolute Gasteiger partial charge is 0.319 e. The van der Waals surface area contributed by atoms with Crippen LogP contribution >= 0.6 is 7.14 Å². The monoisotopic (exact) mass is 269 g/mol. The lowest BCUT2D eigenvalue weighted by Gasteiger charge is -2.23. The molecule has 100 valence electrons. The lowest BCUT2D eigenvalue weighted by molar-refractivity contribution is 0.368. The van der Waals surface area contributed by atoms with E-state index in [1.165, 1.54) is 6.07 Å². The highest BCUT2D eigenvalue weighted by Gasteiger charge is 2.17. The molecule has 0 radical (unpaired) electrons. The van der Waals surface area contributed by atoms with Gasteiger partial charge in [0.15, 0.2) is 0 Å². The Hall–Kier alpha value is -0.660. The number of hydrogen-bond donors (Lipinski definition) is 1. The molecular weight excluding hydrogens is 248 g/mol. The molecule has 2 rings (SSSR count). The molecule has 1 heterocycles. The molecule has 1 aliphatic rings. The van der Waals surface area contributed by atoms with E-state index in [2.05, 4.69) is 5.32 Å². The minimum Gasteiger partial charge on any atom is -0.319 e. The summed E-state index contributed by atoms with van der Waals surface area (Å²) in [5.41, 5.74) is 0.763. The van der Waals surface area contributed by atoms with E-state index in [0.29, 0.717) is 11.2 Å². The van der Waals surface area contributed by atoms with Gasteiger partial charge in [0.2, 0.25) is 0 Å². The number of hydrogen-bond acceptors (Lipinski definition) is 2. The summed E-state index contributed by atoms with van der Waals surface area (Å²) in [7, 11) is -2.36. The van der Waals surface area contributed by atoms with Crippen molar-refractivity contribution in [2.24, 2.45) is 5.92 Å². The maximum Gasteiger partial charge on any atom is 0.127 e. The third kappa shape index (κ3) is 3.43. The number of benzene rings is 1. The fourth-order valence-corrected chi connectivity index (χ4v) is 3.29. The summed E-state index contributed by atoms with van der Waals surface area (Å²) in [5, 5.41) is 3.95. The average molecular weight is 269 g/mol. The van der Waals surface area contributed by atoms with Crippen molar-refractivity contribution in [3.8, 4) is 0 Å². The molecule has 0 aliphatic carbocycles. The average Bonchev–Trinajstić information content (AvgIpc) is 2.32. The van der Waals surface area contributed by atoms with Crippen molar-refractivity contribution < 1.29 is 8.96 Å². The maximum absolute atomic E-state index is 14.0. The van der Waals surface area contributed by atoms with Gasteiger partial charge in [0, 0.05) is 5.30 Å². The molecule has 0 bridgehead atoms. The zero-order chi connectivity index (χ0) is 13.2. The minimum absolute atomic E-state index is 0.199. The lowest BCUT2D eigenvalue weighted by atomic mass is 9.91. The Morgan fingerprint density at radius 3 is 2.56 bits per heavy atom. The van der Waals surface area contributed by atoms with Gasteiger partial charge in [0.05, 0.1) is 0 Å². The van der Waals surface area contributed by atoms with E-state index in [9.17, 15) is 8.96 Å². The highest BCUT2D eigenvalue weighted by molar-refractivity contribution is 7.70. The third-order valence-corrected chi connectivity index (χ3v) is 5.15. The predicted octanol–water partition coefficient (Wildman–Crippen LogP) is 2.62. The summed E-state index contributed by atoms with van der Waals surface area (Å²) < 4.78 is 25.9. The fraction of sp³-hybridized carbons (Fsp3) is 0.571. The van der Waals surface area contributed by atoms with Gasteiger partial charge in [-0.05, 0) is 63.2 Å². The Balaban J connectivity index is 2.12. The maximum atomic E-state index is 14.0. The summed E-state index contributed by atoms with van der Waals surface area (Å²) in [4.78, 5) is 0. The van der Waals surface area contributed by atoms with Crippen LogP contribution < -0.4 is 10.6 Å². The standard InChI is InChI=1S/C14H21FNOP/c1-18(2,17)13-4-3-12(14(15)10-13)9-11-5-7-16-8-6-11/h3-4,10-11,16H,5-9H2,1-2H3. The molecule has 2 nitrogen and oxygen atoms in total. The van der Waals surface area contributed by atoms with Gasteiger partial charge in [0.1, 0.15) is 13.0 Å². The Morgan fingerprint density at radius 1 is 1.33 bits per heavy atom. The minimum atomic E-state index is -2.36. The Bertz CT molecular complexity index is 463. The Labute approximate surface area is 108 Å². The van der Waals surface area contributed by atoms with Crippen LogP contribution in [0.5, 0.6) is 0 Å². The van der Waals surface area contributed by atoms with Crippen LogP contribution in [0.1, 0.15) is 18.4 Å². The quantitative estimate of drug-likeness (QED) is 0.855. The van der Waals surface area contributed by atoms with E-state index in [-0.39, 0.29) is 5.82 Å². The zero-order valence-corrected chi connectivity index (χ0v) is 12.0. The van der Waals surface area contributed by atoms with Gasteiger partial charge in [-0.15, -0.1) is 0 Å².